The molecule has 3 heteroatoms. The van der Waals surface area contributed by atoms with Crippen LogP contribution in [0.1, 0.15) is 0 Å². The van der Waals surface area contributed by atoms with Gasteiger partial charge in [-0.3, -0.25) is 0 Å². The second-order valence-electron chi connectivity index (χ2n) is 16.4. The minimum atomic E-state index is 1.14. The highest BCUT2D eigenvalue weighted by Gasteiger charge is 2.29. The van der Waals surface area contributed by atoms with Crippen molar-refractivity contribution in [3.63, 3.8) is 0 Å². The van der Waals surface area contributed by atoms with Gasteiger partial charge < -0.3 is 13.7 Å². The molecule has 282 valence electrons. The zero-order valence-electron chi connectivity index (χ0n) is 33.0. The van der Waals surface area contributed by atoms with E-state index in [1.165, 1.54) is 110 Å². The summed E-state index contributed by atoms with van der Waals surface area (Å²) >= 11 is 0. The summed E-state index contributed by atoms with van der Waals surface area (Å²) in [6.45, 7) is 0. The molecular weight excluding hydrogens is 739 g/mol. The molecule has 0 aliphatic heterocycles. The largest absolute Gasteiger partial charge is 0.309 e. The lowest BCUT2D eigenvalue weighted by Crippen LogP contribution is -1.97. The standard InChI is InChI=1S/C58H35N3/c1-2-14-39(15-3-1)60-50-24-11-8-20-47(50)55-52(60)35-53-58-56(55)46-19-5-4-16-42(46)45-21-12-13-38-29-34-51(57(58)54(38)45)61(53)41-32-27-37(28-33-41)36-25-30-40(31-26-36)59-48-22-9-6-17-43(48)44-18-7-10-23-49(44)59/h1-35H. The average molecular weight is 774 g/mol. The Labute approximate surface area is 351 Å². The first-order valence-electron chi connectivity index (χ1n) is 21.1. The zero-order chi connectivity index (χ0) is 39.8. The van der Waals surface area contributed by atoms with Crippen LogP contribution in [0.2, 0.25) is 0 Å². The highest BCUT2D eigenvalue weighted by Crippen LogP contribution is 2.53. The number of hydrogen-bond donors (Lipinski definition) is 0. The molecule has 3 aromatic heterocycles. The van der Waals surface area contributed by atoms with Crippen molar-refractivity contribution in [2.24, 2.45) is 0 Å². The van der Waals surface area contributed by atoms with E-state index in [0.717, 1.165) is 17.1 Å². The summed E-state index contributed by atoms with van der Waals surface area (Å²) in [5.74, 6) is 0. The second kappa shape index (κ2) is 12.2. The zero-order valence-corrected chi connectivity index (χ0v) is 33.0. The van der Waals surface area contributed by atoms with E-state index >= 15 is 0 Å². The van der Waals surface area contributed by atoms with Crippen LogP contribution in [0.25, 0.3) is 127 Å². The monoisotopic (exact) mass is 773 g/mol. The molecule has 61 heavy (non-hydrogen) atoms. The Balaban J connectivity index is 1.01. The molecule has 0 unspecified atom stereocenters. The van der Waals surface area contributed by atoms with Crippen LogP contribution in [0, 0.1) is 0 Å². The predicted octanol–water partition coefficient (Wildman–Crippen LogP) is 15.4. The average Bonchev–Trinajstić information content (AvgIpc) is 3.94. The fraction of sp³-hybridized carbons (Fsp3) is 0. The summed E-state index contributed by atoms with van der Waals surface area (Å²) in [6.07, 6.45) is 0. The van der Waals surface area contributed by atoms with Gasteiger partial charge in [0, 0.05) is 54.9 Å². The first-order chi connectivity index (χ1) is 30.3. The number of rotatable bonds is 4. The highest BCUT2D eigenvalue weighted by molar-refractivity contribution is 6.36. The van der Waals surface area contributed by atoms with Gasteiger partial charge in [0.1, 0.15) is 0 Å². The third kappa shape index (κ3) is 4.42. The SMILES string of the molecule is c1ccc(-n2c3ccccc3c3c4c5c6c7c(cccc7ccc6n(-c6ccc(-c7ccc(-n8c9ccccc9c9ccccc98)cc7)cc6)c5cc32)-c2ccccc2-4)cc1. The van der Waals surface area contributed by atoms with Crippen LogP contribution in [0.4, 0.5) is 0 Å². The van der Waals surface area contributed by atoms with Gasteiger partial charge in [-0.25, -0.2) is 0 Å². The van der Waals surface area contributed by atoms with Crippen LogP contribution in [-0.4, -0.2) is 13.7 Å². The predicted molar refractivity (Wildman–Crippen MR) is 257 cm³/mol. The van der Waals surface area contributed by atoms with Crippen LogP contribution in [0.3, 0.4) is 0 Å². The number of nitrogens with zero attached hydrogens (tertiary/aromatic N) is 3. The Bertz CT molecular complexity index is 3900. The summed E-state index contributed by atoms with van der Waals surface area (Å²) in [6, 6.07) is 78.4. The number of hydrogen-bond acceptors (Lipinski definition) is 0. The summed E-state index contributed by atoms with van der Waals surface area (Å²) in [5.41, 5.74) is 18.3. The molecule has 3 heterocycles. The van der Waals surface area contributed by atoms with E-state index in [1.54, 1.807) is 0 Å². The van der Waals surface area contributed by atoms with E-state index in [1.807, 2.05) is 0 Å². The fourth-order valence-corrected chi connectivity index (χ4v) is 10.9. The Hall–Kier alpha value is -8.14. The maximum absolute atomic E-state index is 2.51. The number of benzene rings is 10. The van der Waals surface area contributed by atoms with Crippen molar-refractivity contribution in [3.8, 4) is 50.4 Å². The lowest BCUT2D eigenvalue weighted by atomic mass is 9.91. The molecule has 3 nitrogen and oxygen atoms in total. The summed E-state index contributed by atoms with van der Waals surface area (Å²) in [5, 5.41) is 10.3. The molecule has 0 N–H and O–H groups in total. The Kier molecular flexibility index (Phi) is 6.56. The quantitative estimate of drug-likeness (QED) is 0.169. The van der Waals surface area contributed by atoms with Crippen molar-refractivity contribution in [2.75, 3.05) is 0 Å². The first kappa shape index (κ1) is 32.8. The van der Waals surface area contributed by atoms with Crippen LogP contribution >= 0.6 is 0 Å². The van der Waals surface area contributed by atoms with Gasteiger partial charge in [0.2, 0.25) is 0 Å². The minimum absolute atomic E-state index is 1.14. The van der Waals surface area contributed by atoms with Crippen molar-refractivity contribution in [1.82, 2.24) is 13.7 Å². The first-order valence-corrected chi connectivity index (χ1v) is 21.1. The maximum atomic E-state index is 2.51. The van der Waals surface area contributed by atoms with Crippen molar-refractivity contribution >= 4 is 76.2 Å². The van der Waals surface area contributed by atoms with E-state index < -0.39 is 0 Å². The van der Waals surface area contributed by atoms with Crippen molar-refractivity contribution in [1.29, 1.82) is 0 Å². The number of aromatic nitrogens is 3. The molecule has 0 amide bonds. The van der Waals surface area contributed by atoms with Gasteiger partial charge in [-0.05, 0) is 105 Å². The van der Waals surface area contributed by atoms with E-state index in [9.17, 15) is 0 Å². The molecule has 0 saturated carbocycles. The van der Waals surface area contributed by atoms with E-state index in [4.69, 9.17) is 0 Å². The molecule has 10 aromatic carbocycles. The van der Waals surface area contributed by atoms with Crippen molar-refractivity contribution in [2.45, 2.75) is 0 Å². The summed E-state index contributed by atoms with van der Waals surface area (Å²) < 4.78 is 7.36. The molecule has 0 spiro atoms. The van der Waals surface area contributed by atoms with Crippen LogP contribution in [-0.2, 0) is 0 Å². The Morgan fingerprint density at radius 3 is 1.41 bits per heavy atom. The molecule has 13 aromatic rings. The van der Waals surface area contributed by atoms with Gasteiger partial charge in [0.25, 0.3) is 0 Å². The normalized spacial score (nSPS) is 12.3. The van der Waals surface area contributed by atoms with Crippen molar-refractivity contribution in [3.05, 3.63) is 212 Å². The van der Waals surface area contributed by atoms with Crippen LogP contribution in [0.15, 0.2) is 212 Å². The van der Waals surface area contributed by atoms with Gasteiger partial charge in [-0.15, -0.1) is 0 Å². The van der Waals surface area contributed by atoms with Crippen molar-refractivity contribution < 1.29 is 0 Å². The maximum Gasteiger partial charge on any atom is 0.0568 e. The van der Waals surface area contributed by atoms with E-state index in [-0.39, 0.29) is 0 Å². The summed E-state index contributed by atoms with van der Waals surface area (Å²) in [7, 11) is 0. The molecule has 0 saturated heterocycles. The minimum Gasteiger partial charge on any atom is -0.309 e. The molecule has 0 fully saturated rings. The Morgan fingerprint density at radius 2 is 0.738 bits per heavy atom. The van der Waals surface area contributed by atoms with Gasteiger partial charge in [-0.1, -0.05) is 146 Å². The fourth-order valence-electron chi connectivity index (χ4n) is 10.9. The van der Waals surface area contributed by atoms with Gasteiger partial charge in [0.15, 0.2) is 0 Å². The van der Waals surface area contributed by atoms with Crippen LogP contribution in [0.5, 0.6) is 0 Å². The molecule has 0 bridgehead atoms. The second-order valence-corrected chi connectivity index (χ2v) is 16.4. The van der Waals surface area contributed by atoms with E-state index in [0.29, 0.717) is 0 Å². The lowest BCUT2D eigenvalue weighted by Gasteiger charge is -2.16. The molecule has 14 rings (SSSR count). The topological polar surface area (TPSA) is 14.8 Å². The third-order valence-electron chi connectivity index (χ3n) is 13.4. The van der Waals surface area contributed by atoms with E-state index in [2.05, 4.69) is 226 Å². The number of para-hydroxylation sites is 4. The number of fused-ring (bicyclic) bond motifs is 10. The van der Waals surface area contributed by atoms with Gasteiger partial charge >= 0.3 is 0 Å². The summed E-state index contributed by atoms with van der Waals surface area (Å²) in [4.78, 5) is 0. The lowest BCUT2D eigenvalue weighted by molar-refractivity contribution is 1.16. The van der Waals surface area contributed by atoms with Gasteiger partial charge in [0.05, 0.1) is 33.1 Å². The molecule has 0 atom stereocenters. The highest BCUT2D eigenvalue weighted by atomic mass is 15.0. The molecule has 1 aliphatic rings. The van der Waals surface area contributed by atoms with Gasteiger partial charge in [-0.2, -0.15) is 0 Å². The molecule has 0 radical (unpaired) electrons. The smallest absolute Gasteiger partial charge is 0.0568 e. The molecular formula is C58H35N3. The third-order valence-corrected chi connectivity index (χ3v) is 13.4. The van der Waals surface area contributed by atoms with Crippen LogP contribution < -0.4 is 0 Å². The Morgan fingerprint density at radius 1 is 0.246 bits per heavy atom. The molecule has 1 aliphatic carbocycles.